The van der Waals surface area contributed by atoms with Gasteiger partial charge < -0.3 is 10.4 Å². The summed E-state index contributed by atoms with van der Waals surface area (Å²) in [6.45, 7) is 1.87. The summed E-state index contributed by atoms with van der Waals surface area (Å²) in [5.74, 6) is -0.0585. The third-order valence-electron chi connectivity index (χ3n) is 3.37. The van der Waals surface area contributed by atoms with Gasteiger partial charge in [0.15, 0.2) is 0 Å². The topological polar surface area (TPSA) is 32.3 Å². The molecule has 1 aliphatic heterocycles. The fraction of sp³-hybridized carbons (Fsp3) is 0.538. The van der Waals surface area contributed by atoms with Gasteiger partial charge in [-0.25, -0.2) is 4.39 Å². The van der Waals surface area contributed by atoms with E-state index < -0.39 is 6.10 Å². The predicted octanol–water partition coefficient (Wildman–Crippen LogP) is 2.38. The second-order valence-electron chi connectivity index (χ2n) is 4.59. The van der Waals surface area contributed by atoms with E-state index in [4.69, 9.17) is 11.6 Å². The molecular weight excluding hydrogens is 241 g/mol. The van der Waals surface area contributed by atoms with E-state index in [1.165, 1.54) is 6.07 Å². The zero-order valence-corrected chi connectivity index (χ0v) is 10.4. The molecule has 0 aliphatic carbocycles. The smallest absolute Gasteiger partial charge is 0.127 e. The molecule has 94 valence electrons. The summed E-state index contributed by atoms with van der Waals surface area (Å²) in [5, 5.41) is 13.7. The Labute approximate surface area is 106 Å². The van der Waals surface area contributed by atoms with Crippen LogP contribution in [0.1, 0.15) is 18.4 Å². The standard InChI is InChI=1S/C13H17ClFNO/c14-11-2-1-10(12(15)8-11)7-13(17)9-3-5-16-6-4-9/h1-2,8-9,13,16-17H,3-7H2. The highest BCUT2D eigenvalue weighted by atomic mass is 35.5. The minimum atomic E-state index is -0.465. The number of aliphatic hydroxyl groups is 1. The molecule has 1 aromatic carbocycles. The third-order valence-corrected chi connectivity index (χ3v) is 3.61. The second kappa shape index (κ2) is 5.80. The monoisotopic (exact) mass is 257 g/mol. The van der Waals surface area contributed by atoms with Crippen molar-refractivity contribution in [1.82, 2.24) is 5.32 Å². The molecule has 2 nitrogen and oxygen atoms in total. The van der Waals surface area contributed by atoms with Crippen LogP contribution in [0, 0.1) is 11.7 Å². The molecule has 1 saturated heterocycles. The lowest BCUT2D eigenvalue weighted by Crippen LogP contribution is -2.35. The lowest BCUT2D eigenvalue weighted by atomic mass is 9.88. The van der Waals surface area contributed by atoms with Gasteiger partial charge >= 0.3 is 0 Å². The minimum absolute atomic E-state index is 0.270. The molecule has 0 spiro atoms. The van der Waals surface area contributed by atoms with Crippen LogP contribution in [0.5, 0.6) is 0 Å². The first kappa shape index (κ1) is 12.8. The highest BCUT2D eigenvalue weighted by Crippen LogP contribution is 2.22. The molecule has 1 heterocycles. The number of halogens is 2. The summed E-state index contributed by atoms with van der Waals surface area (Å²) in [7, 11) is 0. The summed E-state index contributed by atoms with van der Waals surface area (Å²) in [6, 6.07) is 4.61. The first-order valence-electron chi connectivity index (χ1n) is 5.99. The van der Waals surface area contributed by atoms with Gasteiger partial charge in [-0.1, -0.05) is 17.7 Å². The highest BCUT2D eigenvalue weighted by molar-refractivity contribution is 6.30. The van der Waals surface area contributed by atoms with Gasteiger partial charge in [0.1, 0.15) is 5.82 Å². The summed E-state index contributed by atoms with van der Waals surface area (Å²) >= 11 is 5.69. The van der Waals surface area contributed by atoms with E-state index in [1.807, 2.05) is 0 Å². The van der Waals surface area contributed by atoms with Crippen molar-refractivity contribution in [2.45, 2.75) is 25.4 Å². The van der Waals surface area contributed by atoms with Crippen molar-refractivity contribution in [3.05, 3.63) is 34.6 Å². The van der Waals surface area contributed by atoms with Crippen molar-refractivity contribution in [2.24, 2.45) is 5.92 Å². The Kier molecular flexibility index (Phi) is 4.37. The molecule has 0 aromatic heterocycles. The van der Waals surface area contributed by atoms with Crippen molar-refractivity contribution < 1.29 is 9.50 Å². The van der Waals surface area contributed by atoms with Gasteiger partial charge in [-0.3, -0.25) is 0 Å². The Balaban J connectivity index is 1.99. The molecule has 0 amide bonds. The van der Waals surface area contributed by atoms with E-state index in [0.717, 1.165) is 25.9 Å². The summed E-state index contributed by atoms with van der Waals surface area (Å²) in [5.41, 5.74) is 0.542. The normalized spacial score (nSPS) is 19.2. The van der Waals surface area contributed by atoms with Gasteiger partial charge in [0, 0.05) is 11.4 Å². The molecule has 1 fully saturated rings. The third kappa shape index (κ3) is 3.41. The van der Waals surface area contributed by atoms with Gasteiger partial charge in [0.25, 0.3) is 0 Å². The molecule has 2 rings (SSSR count). The SMILES string of the molecule is OC(Cc1ccc(Cl)cc1F)C1CCNCC1. The van der Waals surface area contributed by atoms with Crippen LogP contribution in [-0.4, -0.2) is 24.3 Å². The van der Waals surface area contributed by atoms with E-state index in [0.29, 0.717) is 17.0 Å². The molecule has 1 aromatic rings. The van der Waals surface area contributed by atoms with Crippen molar-refractivity contribution in [3.8, 4) is 0 Å². The van der Waals surface area contributed by atoms with Crippen molar-refractivity contribution in [2.75, 3.05) is 13.1 Å². The first-order valence-corrected chi connectivity index (χ1v) is 6.37. The lowest BCUT2D eigenvalue weighted by Gasteiger charge is -2.27. The van der Waals surface area contributed by atoms with Crippen LogP contribution in [0.25, 0.3) is 0 Å². The molecule has 17 heavy (non-hydrogen) atoms. The van der Waals surface area contributed by atoms with Gasteiger partial charge in [0.05, 0.1) is 6.10 Å². The number of benzene rings is 1. The first-order chi connectivity index (χ1) is 8.16. The van der Waals surface area contributed by atoms with Gasteiger partial charge in [-0.15, -0.1) is 0 Å². The maximum atomic E-state index is 13.6. The maximum absolute atomic E-state index is 13.6. The molecule has 0 radical (unpaired) electrons. The fourth-order valence-electron chi connectivity index (χ4n) is 2.31. The molecule has 1 unspecified atom stereocenters. The minimum Gasteiger partial charge on any atom is -0.392 e. The zero-order valence-electron chi connectivity index (χ0n) is 9.63. The summed E-state index contributed by atoms with van der Waals surface area (Å²) in [6.07, 6.45) is 1.81. The van der Waals surface area contributed by atoms with E-state index in [2.05, 4.69) is 5.32 Å². The molecule has 1 aliphatic rings. The number of aliphatic hydroxyl groups excluding tert-OH is 1. The van der Waals surface area contributed by atoms with Crippen LogP contribution in [0.3, 0.4) is 0 Å². The van der Waals surface area contributed by atoms with Crippen LogP contribution in [-0.2, 0) is 6.42 Å². The van der Waals surface area contributed by atoms with E-state index in [-0.39, 0.29) is 11.7 Å². The zero-order chi connectivity index (χ0) is 12.3. The Morgan fingerprint density at radius 1 is 1.41 bits per heavy atom. The Hall–Kier alpha value is -0.640. The predicted molar refractivity (Wildman–Crippen MR) is 66.7 cm³/mol. The van der Waals surface area contributed by atoms with Gasteiger partial charge in [-0.2, -0.15) is 0 Å². The molecule has 1 atom stereocenters. The summed E-state index contributed by atoms with van der Waals surface area (Å²) < 4.78 is 13.6. The van der Waals surface area contributed by atoms with Gasteiger partial charge in [0.2, 0.25) is 0 Å². The lowest BCUT2D eigenvalue weighted by molar-refractivity contribution is 0.0883. The van der Waals surface area contributed by atoms with Crippen LogP contribution in [0.2, 0.25) is 5.02 Å². The molecular formula is C13H17ClFNO. The number of hydrogen-bond donors (Lipinski definition) is 2. The Morgan fingerprint density at radius 3 is 2.76 bits per heavy atom. The quantitative estimate of drug-likeness (QED) is 0.872. The Bertz CT molecular complexity index is 380. The highest BCUT2D eigenvalue weighted by Gasteiger charge is 2.22. The Morgan fingerprint density at radius 2 is 2.12 bits per heavy atom. The second-order valence-corrected chi connectivity index (χ2v) is 5.03. The summed E-state index contributed by atoms with van der Waals surface area (Å²) in [4.78, 5) is 0. The molecule has 4 heteroatoms. The van der Waals surface area contributed by atoms with Crippen molar-refractivity contribution in [3.63, 3.8) is 0 Å². The maximum Gasteiger partial charge on any atom is 0.127 e. The number of nitrogens with one attached hydrogen (secondary N) is 1. The van der Waals surface area contributed by atoms with Crippen LogP contribution in [0.4, 0.5) is 4.39 Å². The molecule has 0 saturated carbocycles. The van der Waals surface area contributed by atoms with E-state index >= 15 is 0 Å². The van der Waals surface area contributed by atoms with E-state index in [9.17, 15) is 9.50 Å². The average Bonchev–Trinajstić information content (AvgIpc) is 2.34. The number of piperidine rings is 1. The number of hydrogen-bond acceptors (Lipinski definition) is 2. The fourth-order valence-corrected chi connectivity index (χ4v) is 2.47. The van der Waals surface area contributed by atoms with Gasteiger partial charge in [-0.05, 0) is 49.5 Å². The van der Waals surface area contributed by atoms with Crippen molar-refractivity contribution in [1.29, 1.82) is 0 Å². The molecule has 2 N–H and O–H groups in total. The van der Waals surface area contributed by atoms with Crippen LogP contribution >= 0.6 is 11.6 Å². The molecule has 0 bridgehead atoms. The average molecular weight is 258 g/mol. The van der Waals surface area contributed by atoms with Crippen LogP contribution < -0.4 is 5.32 Å². The van der Waals surface area contributed by atoms with E-state index in [1.54, 1.807) is 12.1 Å². The largest absolute Gasteiger partial charge is 0.392 e. The number of rotatable bonds is 3. The van der Waals surface area contributed by atoms with Crippen molar-refractivity contribution >= 4 is 11.6 Å². The van der Waals surface area contributed by atoms with Crippen LogP contribution in [0.15, 0.2) is 18.2 Å².